The van der Waals surface area contributed by atoms with Crippen LogP contribution in [0.5, 0.6) is 0 Å². The van der Waals surface area contributed by atoms with Crippen molar-refractivity contribution in [1.82, 2.24) is 19.9 Å². The lowest BCUT2D eigenvalue weighted by molar-refractivity contribution is 0.301. The Morgan fingerprint density at radius 3 is 2.47 bits per heavy atom. The first-order chi connectivity index (χ1) is 8.04. The van der Waals surface area contributed by atoms with Crippen molar-refractivity contribution in [2.75, 3.05) is 24.6 Å². The first-order valence-electron chi connectivity index (χ1n) is 5.78. The monoisotopic (exact) mass is 237 g/mol. The van der Waals surface area contributed by atoms with Gasteiger partial charge < -0.3 is 17.2 Å². The third kappa shape index (κ3) is 3.01. The molecule has 94 valence electrons. The maximum atomic E-state index is 5.89. The van der Waals surface area contributed by atoms with Gasteiger partial charge in [0.15, 0.2) is 0 Å². The van der Waals surface area contributed by atoms with Crippen LogP contribution in [0, 0.1) is 5.92 Å². The number of hydrogen-bond donors (Lipinski definition) is 3. The van der Waals surface area contributed by atoms with E-state index in [2.05, 4.69) is 19.9 Å². The van der Waals surface area contributed by atoms with Crippen LogP contribution >= 0.6 is 0 Å². The zero-order chi connectivity index (χ0) is 12.4. The largest absolute Gasteiger partial charge is 0.368 e. The van der Waals surface area contributed by atoms with E-state index in [9.17, 15) is 0 Å². The second-order valence-electron chi connectivity index (χ2n) is 4.61. The van der Waals surface area contributed by atoms with Gasteiger partial charge in [-0.2, -0.15) is 15.0 Å². The molecule has 7 nitrogen and oxygen atoms in total. The van der Waals surface area contributed by atoms with Gasteiger partial charge in [0, 0.05) is 12.6 Å². The van der Waals surface area contributed by atoms with Crippen molar-refractivity contribution in [3.63, 3.8) is 0 Å². The highest BCUT2D eigenvalue weighted by atomic mass is 15.2. The van der Waals surface area contributed by atoms with Crippen molar-refractivity contribution in [2.45, 2.75) is 25.9 Å². The third-order valence-corrected chi connectivity index (χ3v) is 3.13. The van der Waals surface area contributed by atoms with Crippen molar-refractivity contribution in [2.24, 2.45) is 11.7 Å². The van der Waals surface area contributed by atoms with E-state index in [1.54, 1.807) is 0 Å². The van der Waals surface area contributed by atoms with Crippen LogP contribution in [0.2, 0.25) is 0 Å². The van der Waals surface area contributed by atoms with Crippen molar-refractivity contribution in [1.29, 1.82) is 0 Å². The maximum Gasteiger partial charge on any atom is 0.225 e. The summed E-state index contributed by atoms with van der Waals surface area (Å²) in [6, 6.07) is 0.230. The summed E-state index contributed by atoms with van der Waals surface area (Å²) in [6.07, 6.45) is 1.12. The lowest BCUT2D eigenvalue weighted by atomic mass is 10.0. The molecule has 0 amide bonds. The molecule has 2 unspecified atom stereocenters. The van der Waals surface area contributed by atoms with Crippen LogP contribution in [-0.2, 0) is 6.54 Å². The number of aromatic nitrogens is 3. The molecule has 2 heterocycles. The highest BCUT2D eigenvalue weighted by Gasteiger charge is 2.25. The van der Waals surface area contributed by atoms with Crippen LogP contribution < -0.4 is 17.2 Å². The van der Waals surface area contributed by atoms with Gasteiger partial charge in [0.05, 0.1) is 6.54 Å². The van der Waals surface area contributed by atoms with E-state index in [4.69, 9.17) is 17.2 Å². The van der Waals surface area contributed by atoms with Gasteiger partial charge in [0.1, 0.15) is 5.82 Å². The number of nitrogens with zero attached hydrogens (tertiary/aromatic N) is 4. The Balaban J connectivity index is 1.98. The van der Waals surface area contributed by atoms with E-state index in [1.165, 1.54) is 0 Å². The van der Waals surface area contributed by atoms with Crippen molar-refractivity contribution in [3.05, 3.63) is 5.82 Å². The second kappa shape index (κ2) is 4.80. The van der Waals surface area contributed by atoms with Crippen molar-refractivity contribution < 1.29 is 0 Å². The summed E-state index contributed by atoms with van der Waals surface area (Å²) < 4.78 is 0. The lowest BCUT2D eigenvalue weighted by Crippen LogP contribution is -2.30. The minimum absolute atomic E-state index is 0.176. The standard InChI is InChI=1S/C10H19N7/c1-6(11)7-2-3-17(4-7)5-8-14-9(12)16-10(13)15-8/h6-7H,2-5,11H2,1H3,(H4,12,13,14,15,16). The molecule has 0 saturated carbocycles. The molecule has 6 N–H and O–H groups in total. The summed E-state index contributed by atoms with van der Waals surface area (Å²) in [4.78, 5) is 14.2. The molecule has 0 aromatic carbocycles. The molecule has 1 aromatic rings. The molecule has 17 heavy (non-hydrogen) atoms. The summed E-state index contributed by atoms with van der Waals surface area (Å²) >= 11 is 0. The van der Waals surface area contributed by atoms with E-state index in [0.717, 1.165) is 19.5 Å². The maximum absolute atomic E-state index is 5.89. The van der Waals surface area contributed by atoms with Gasteiger partial charge in [-0.05, 0) is 25.8 Å². The Bertz CT molecular complexity index is 372. The number of likely N-dealkylation sites (tertiary alicyclic amines) is 1. The fraction of sp³-hybridized carbons (Fsp3) is 0.700. The SMILES string of the molecule is CC(N)C1CCN(Cc2nc(N)nc(N)n2)C1. The van der Waals surface area contributed by atoms with Gasteiger partial charge in [-0.25, -0.2) is 0 Å². The van der Waals surface area contributed by atoms with Gasteiger partial charge in [-0.1, -0.05) is 0 Å². The number of anilines is 2. The predicted molar refractivity (Wildman–Crippen MR) is 65.7 cm³/mol. The molecule has 0 aliphatic carbocycles. The van der Waals surface area contributed by atoms with E-state index in [0.29, 0.717) is 18.3 Å². The molecule has 1 aromatic heterocycles. The second-order valence-corrected chi connectivity index (χ2v) is 4.61. The topological polar surface area (TPSA) is 120 Å². The Labute approximate surface area is 100 Å². The Kier molecular flexibility index (Phi) is 3.39. The summed E-state index contributed by atoms with van der Waals surface area (Å²) in [5.41, 5.74) is 17.0. The Morgan fingerprint density at radius 2 is 1.94 bits per heavy atom. The molecule has 1 saturated heterocycles. The van der Waals surface area contributed by atoms with Crippen LogP contribution in [-0.4, -0.2) is 39.0 Å². The van der Waals surface area contributed by atoms with Gasteiger partial charge in [-0.15, -0.1) is 0 Å². The third-order valence-electron chi connectivity index (χ3n) is 3.13. The van der Waals surface area contributed by atoms with Gasteiger partial charge >= 0.3 is 0 Å². The molecule has 2 atom stereocenters. The fourth-order valence-corrected chi connectivity index (χ4v) is 2.16. The van der Waals surface area contributed by atoms with Crippen LogP contribution in [0.1, 0.15) is 19.2 Å². The Hall–Kier alpha value is -1.47. The summed E-state index contributed by atoms with van der Waals surface area (Å²) in [5.74, 6) is 1.53. The molecule has 1 aliphatic heterocycles. The molecule has 2 rings (SSSR count). The quantitative estimate of drug-likeness (QED) is 0.629. The average Bonchev–Trinajstić information content (AvgIpc) is 2.64. The van der Waals surface area contributed by atoms with Crippen LogP contribution in [0.15, 0.2) is 0 Å². The first-order valence-corrected chi connectivity index (χ1v) is 5.78. The summed E-state index contributed by atoms with van der Waals surface area (Å²) in [6.45, 7) is 4.69. The lowest BCUT2D eigenvalue weighted by Gasteiger charge is -2.17. The number of nitrogen functional groups attached to an aromatic ring is 2. The highest BCUT2D eigenvalue weighted by molar-refractivity contribution is 5.25. The van der Waals surface area contributed by atoms with E-state index in [-0.39, 0.29) is 17.9 Å². The van der Waals surface area contributed by atoms with Crippen LogP contribution in [0.25, 0.3) is 0 Å². The number of rotatable bonds is 3. The average molecular weight is 237 g/mol. The predicted octanol–water partition coefficient (Wildman–Crippen LogP) is -0.795. The van der Waals surface area contributed by atoms with Crippen molar-refractivity contribution >= 4 is 11.9 Å². The van der Waals surface area contributed by atoms with Crippen molar-refractivity contribution in [3.8, 4) is 0 Å². The van der Waals surface area contributed by atoms with Gasteiger partial charge in [-0.3, -0.25) is 4.90 Å². The first kappa shape index (κ1) is 12.0. The molecule has 0 bridgehead atoms. The fourth-order valence-electron chi connectivity index (χ4n) is 2.16. The molecule has 0 spiro atoms. The van der Waals surface area contributed by atoms with Gasteiger partial charge in [0.25, 0.3) is 0 Å². The molecule has 1 fully saturated rings. The molecule has 0 radical (unpaired) electrons. The zero-order valence-electron chi connectivity index (χ0n) is 10.0. The molecule has 7 heteroatoms. The summed E-state index contributed by atoms with van der Waals surface area (Å²) in [7, 11) is 0. The number of nitrogens with two attached hydrogens (primary N) is 3. The van der Waals surface area contributed by atoms with E-state index in [1.807, 2.05) is 6.92 Å². The normalized spacial score (nSPS) is 22.8. The number of hydrogen-bond acceptors (Lipinski definition) is 7. The van der Waals surface area contributed by atoms with E-state index < -0.39 is 0 Å². The van der Waals surface area contributed by atoms with E-state index >= 15 is 0 Å². The Morgan fingerprint density at radius 1 is 1.29 bits per heavy atom. The zero-order valence-corrected chi connectivity index (χ0v) is 10.0. The van der Waals surface area contributed by atoms with Crippen LogP contribution in [0.4, 0.5) is 11.9 Å². The molecular weight excluding hydrogens is 218 g/mol. The van der Waals surface area contributed by atoms with Crippen LogP contribution in [0.3, 0.4) is 0 Å². The highest BCUT2D eigenvalue weighted by Crippen LogP contribution is 2.19. The molecule has 1 aliphatic rings. The van der Waals surface area contributed by atoms with Gasteiger partial charge in [0.2, 0.25) is 11.9 Å². The molecular formula is C10H19N7. The minimum Gasteiger partial charge on any atom is -0.368 e. The summed E-state index contributed by atoms with van der Waals surface area (Å²) in [5, 5.41) is 0. The minimum atomic E-state index is 0.176. The smallest absolute Gasteiger partial charge is 0.225 e.